The molecule has 0 fully saturated rings. The van der Waals surface area contributed by atoms with Crippen LogP contribution in [0, 0.1) is 0 Å². The van der Waals surface area contributed by atoms with Gasteiger partial charge >= 0.3 is 12.5 Å². The average molecular weight is 495 g/mol. The zero-order chi connectivity index (χ0) is 25.4. The van der Waals surface area contributed by atoms with E-state index in [0.717, 1.165) is 16.7 Å². The van der Waals surface area contributed by atoms with E-state index in [1.165, 1.54) is 6.20 Å². The smallest absolute Gasteiger partial charge is 0.410 e. The summed E-state index contributed by atoms with van der Waals surface area (Å²) in [4.78, 5) is 18.6. The molecular weight excluding hydrogens is 472 g/mol. The lowest BCUT2D eigenvalue weighted by molar-refractivity contribution is 0.0242. The molecule has 10 nitrogen and oxygen atoms in total. The van der Waals surface area contributed by atoms with Crippen LogP contribution >= 0.6 is 0 Å². The van der Waals surface area contributed by atoms with Gasteiger partial charge in [0.1, 0.15) is 11.3 Å². The van der Waals surface area contributed by atoms with E-state index in [1.54, 1.807) is 21.7 Å². The fourth-order valence-corrected chi connectivity index (χ4v) is 3.87. The number of alkyl halides is 2. The number of hydrogen-bond donors (Lipinski definition) is 0. The second-order valence-electron chi connectivity index (χ2n) is 9.37. The van der Waals surface area contributed by atoms with E-state index in [0.29, 0.717) is 36.6 Å². The number of fused-ring (bicyclic) bond motifs is 1. The van der Waals surface area contributed by atoms with E-state index in [-0.39, 0.29) is 12.0 Å². The summed E-state index contributed by atoms with van der Waals surface area (Å²) in [6.07, 6.45) is 0.111. The highest BCUT2D eigenvalue weighted by molar-refractivity contribution is 5.72. The van der Waals surface area contributed by atoms with Gasteiger partial charge in [-0.2, -0.15) is 8.78 Å². The van der Waals surface area contributed by atoms with Crippen molar-refractivity contribution in [3.8, 4) is 22.7 Å². The summed E-state index contributed by atoms with van der Waals surface area (Å²) < 4.78 is 37.4. The van der Waals surface area contributed by atoms with Crippen LogP contribution in [0.2, 0.25) is 0 Å². The van der Waals surface area contributed by atoms with Crippen LogP contribution < -0.4 is 0 Å². The summed E-state index contributed by atoms with van der Waals surface area (Å²) >= 11 is 0. The van der Waals surface area contributed by atoms with Crippen molar-refractivity contribution in [2.24, 2.45) is 0 Å². The highest BCUT2D eigenvalue weighted by Gasteiger charge is 2.29. The summed E-state index contributed by atoms with van der Waals surface area (Å²) in [6.45, 7) is 6.77. The minimum absolute atomic E-state index is 0.0225. The van der Waals surface area contributed by atoms with Gasteiger partial charge in [0.05, 0.1) is 30.5 Å². The van der Waals surface area contributed by atoms with Crippen LogP contribution in [0.5, 0.6) is 0 Å². The van der Waals surface area contributed by atoms with Gasteiger partial charge in [0.15, 0.2) is 0 Å². The van der Waals surface area contributed by atoms with Crippen molar-refractivity contribution in [2.45, 2.75) is 52.4 Å². The number of benzene rings is 1. The van der Waals surface area contributed by atoms with Crippen molar-refractivity contribution < 1.29 is 22.7 Å². The molecular formula is C24H23F2N7O3. The molecule has 0 bridgehead atoms. The molecule has 0 saturated heterocycles. The number of carbonyl (C=O) groups excluding carboxylic acids is 1. The second kappa shape index (κ2) is 9.10. The molecule has 12 heteroatoms. The Morgan fingerprint density at radius 2 is 1.97 bits per heavy atom. The van der Waals surface area contributed by atoms with Gasteiger partial charge in [-0.15, -0.1) is 15.3 Å². The molecule has 0 spiro atoms. The lowest BCUT2D eigenvalue weighted by Gasteiger charge is -2.24. The molecule has 4 aromatic rings. The molecule has 0 radical (unpaired) electrons. The number of pyridine rings is 1. The highest BCUT2D eigenvalue weighted by atomic mass is 19.3. The molecule has 0 saturated carbocycles. The maximum absolute atomic E-state index is 12.7. The maximum Gasteiger partial charge on any atom is 0.410 e. The summed E-state index contributed by atoms with van der Waals surface area (Å²) in [5.74, 6) is -0.753. The second-order valence-corrected chi connectivity index (χ2v) is 9.37. The van der Waals surface area contributed by atoms with E-state index in [4.69, 9.17) is 9.15 Å². The first-order valence-corrected chi connectivity index (χ1v) is 11.2. The molecule has 0 N–H and O–H groups in total. The Bertz CT molecular complexity index is 1390. The van der Waals surface area contributed by atoms with Crippen molar-refractivity contribution in [3.05, 3.63) is 65.4 Å². The van der Waals surface area contributed by atoms with Gasteiger partial charge < -0.3 is 9.15 Å². The number of aromatic nitrogens is 6. The van der Waals surface area contributed by atoms with Gasteiger partial charge in [-0.05, 0) is 44.0 Å². The first-order chi connectivity index (χ1) is 17.2. The fraction of sp³-hybridized carbons (Fsp3) is 0.333. The predicted molar refractivity (Wildman–Crippen MR) is 123 cm³/mol. The monoisotopic (exact) mass is 495 g/mol. The molecule has 4 heterocycles. The first-order valence-electron chi connectivity index (χ1n) is 11.2. The average Bonchev–Trinajstić information content (AvgIpc) is 3.57. The molecule has 1 amide bonds. The van der Waals surface area contributed by atoms with E-state index in [2.05, 4.69) is 25.5 Å². The quantitative estimate of drug-likeness (QED) is 0.394. The van der Waals surface area contributed by atoms with E-state index in [1.807, 2.05) is 45.2 Å². The summed E-state index contributed by atoms with van der Waals surface area (Å²) in [5, 5.41) is 15.5. The van der Waals surface area contributed by atoms with Crippen molar-refractivity contribution >= 4 is 6.09 Å². The Morgan fingerprint density at radius 1 is 1.14 bits per heavy atom. The molecule has 0 aliphatic carbocycles. The Balaban J connectivity index is 1.29. The standard InChI is InChI=1S/C24H23F2N7O3/c1-24(2,3)36-23(34)32-10-15-5-4-6-17(18(15)12-32)19-13-33(31-28-19)11-16-8-7-14(9-27-16)21-29-30-22(35-21)20(25)26/h4-9,13,20H,10-12H2,1-3H3. The van der Waals surface area contributed by atoms with Crippen LogP contribution in [0.1, 0.15) is 49.9 Å². The van der Waals surface area contributed by atoms with Crippen LogP contribution in [0.15, 0.2) is 47.1 Å². The van der Waals surface area contributed by atoms with Crippen LogP contribution in [0.3, 0.4) is 0 Å². The van der Waals surface area contributed by atoms with Gasteiger partial charge in [-0.25, -0.2) is 9.48 Å². The number of hydrogen-bond acceptors (Lipinski definition) is 8. The third kappa shape index (κ3) is 4.92. The van der Waals surface area contributed by atoms with E-state index >= 15 is 0 Å². The molecule has 3 aromatic heterocycles. The Morgan fingerprint density at radius 3 is 2.67 bits per heavy atom. The van der Waals surface area contributed by atoms with Gasteiger partial charge in [-0.3, -0.25) is 9.88 Å². The van der Waals surface area contributed by atoms with Gasteiger partial charge in [-0.1, -0.05) is 23.4 Å². The molecule has 1 aromatic carbocycles. The van der Waals surface area contributed by atoms with E-state index in [9.17, 15) is 13.6 Å². The lowest BCUT2D eigenvalue weighted by Crippen LogP contribution is -2.33. The summed E-state index contributed by atoms with van der Waals surface area (Å²) in [6, 6.07) is 9.27. The highest BCUT2D eigenvalue weighted by Crippen LogP contribution is 2.32. The third-order valence-electron chi connectivity index (χ3n) is 5.47. The molecule has 36 heavy (non-hydrogen) atoms. The first kappa shape index (κ1) is 23.5. The summed E-state index contributed by atoms with van der Waals surface area (Å²) in [7, 11) is 0. The fourth-order valence-electron chi connectivity index (χ4n) is 3.87. The van der Waals surface area contributed by atoms with Crippen LogP contribution in [0.25, 0.3) is 22.7 Å². The van der Waals surface area contributed by atoms with Crippen LogP contribution in [-0.2, 0) is 24.4 Å². The molecule has 1 aliphatic rings. The number of carbonyl (C=O) groups is 1. The lowest BCUT2D eigenvalue weighted by atomic mass is 10.0. The zero-order valence-corrected chi connectivity index (χ0v) is 19.9. The van der Waals surface area contributed by atoms with E-state index < -0.39 is 17.9 Å². The van der Waals surface area contributed by atoms with Crippen molar-refractivity contribution in [1.82, 2.24) is 35.1 Å². The predicted octanol–water partition coefficient (Wildman–Crippen LogP) is 4.63. The van der Waals surface area contributed by atoms with Crippen LogP contribution in [0.4, 0.5) is 13.6 Å². The maximum atomic E-state index is 12.7. The molecule has 186 valence electrons. The molecule has 5 rings (SSSR count). The Hall–Kier alpha value is -4.22. The summed E-state index contributed by atoms with van der Waals surface area (Å²) in [5.41, 5.74) is 4.19. The third-order valence-corrected chi connectivity index (χ3v) is 5.47. The normalized spacial score (nSPS) is 13.3. The van der Waals surface area contributed by atoms with Gasteiger partial charge in [0.2, 0.25) is 5.89 Å². The Labute approximate surface area is 204 Å². The largest absolute Gasteiger partial charge is 0.444 e. The Kier molecular flexibility index (Phi) is 5.94. The number of amides is 1. The molecule has 1 aliphatic heterocycles. The number of rotatable bonds is 5. The minimum atomic E-state index is -2.83. The van der Waals surface area contributed by atoms with Crippen LogP contribution in [-0.4, -0.2) is 46.8 Å². The minimum Gasteiger partial charge on any atom is -0.444 e. The van der Waals surface area contributed by atoms with Gasteiger partial charge in [0.25, 0.3) is 5.89 Å². The number of halogens is 2. The molecule has 0 unspecified atom stereocenters. The topological polar surface area (TPSA) is 112 Å². The van der Waals surface area contributed by atoms with Gasteiger partial charge in [0, 0.05) is 18.3 Å². The SMILES string of the molecule is CC(C)(C)OC(=O)N1Cc2cccc(-c3cn(Cc4ccc(-c5nnc(C(F)F)o5)cn4)nn3)c2C1. The van der Waals surface area contributed by atoms with Crippen molar-refractivity contribution in [3.63, 3.8) is 0 Å². The zero-order valence-electron chi connectivity index (χ0n) is 19.9. The number of ether oxygens (including phenoxy) is 1. The molecule has 0 atom stereocenters. The number of nitrogens with zero attached hydrogens (tertiary/aromatic N) is 7. The van der Waals surface area contributed by atoms with Crippen molar-refractivity contribution in [2.75, 3.05) is 0 Å². The van der Waals surface area contributed by atoms with Crippen molar-refractivity contribution in [1.29, 1.82) is 0 Å².